The summed E-state index contributed by atoms with van der Waals surface area (Å²) in [6.07, 6.45) is 8.09. The third-order valence-corrected chi connectivity index (χ3v) is 5.26. The summed E-state index contributed by atoms with van der Waals surface area (Å²) in [6, 6.07) is 1.08. The standard InChI is InChI=1S/C16H28N6O/c1-20(2)14-4-3-9-21(10-14)16(23)15-11-22(19-18-15)13-7-5-12(17)6-8-13/h11-14H,3-10,17H2,1-2H3/t12?,13?,14-/m0/s1. The smallest absolute Gasteiger partial charge is 0.276 e. The van der Waals surface area contributed by atoms with Gasteiger partial charge in [0.1, 0.15) is 0 Å². The fourth-order valence-corrected chi connectivity index (χ4v) is 3.64. The second kappa shape index (κ2) is 6.97. The van der Waals surface area contributed by atoms with Crippen LogP contribution in [0.2, 0.25) is 0 Å². The first-order chi connectivity index (χ1) is 11.0. The van der Waals surface area contributed by atoms with Gasteiger partial charge in [-0.1, -0.05) is 5.21 Å². The molecule has 2 fully saturated rings. The molecule has 7 heteroatoms. The van der Waals surface area contributed by atoms with E-state index in [2.05, 4.69) is 29.3 Å². The van der Waals surface area contributed by atoms with Gasteiger partial charge < -0.3 is 15.5 Å². The molecule has 2 heterocycles. The fraction of sp³-hybridized carbons (Fsp3) is 0.812. The molecule has 1 aromatic rings. The lowest BCUT2D eigenvalue weighted by Gasteiger charge is -2.35. The summed E-state index contributed by atoms with van der Waals surface area (Å²) in [4.78, 5) is 16.8. The van der Waals surface area contributed by atoms with E-state index in [1.807, 2.05) is 15.8 Å². The number of carbonyl (C=O) groups is 1. The first-order valence-corrected chi connectivity index (χ1v) is 8.67. The Balaban J connectivity index is 1.64. The van der Waals surface area contributed by atoms with Crippen LogP contribution in [0.25, 0.3) is 0 Å². The Labute approximate surface area is 137 Å². The molecule has 1 saturated carbocycles. The van der Waals surface area contributed by atoms with Gasteiger partial charge in [0.25, 0.3) is 5.91 Å². The molecule has 0 spiro atoms. The first kappa shape index (κ1) is 16.4. The highest BCUT2D eigenvalue weighted by atomic mass is 16.2. The molecular weight excluding hydrogens is 292 g/mol. The number of nitrogens with two attached hydrogens (primary N) is 1. The van der Waals surface area contributed by atoms with Gasteiger partial charge in [-0.15, -0.1) is 5.10 Å². The van der Waals surface area contributed by atoms with Crippen molar-refractivity contribution in [3.05, 3.63) is 11.9 Å². The van der Waals surface area contributed by atoms with Gasteiger partial charge in [-0.2, -0.15) is 0 Å². The zero-order valence-electron chi connectivity index (χ0n) is 14.2. The van der Waals surface area contributed by atoms with Crippen molar-refractivity contribution < 1.29 is 4.79 Å². The highest BCUT2D eigenvalue weighted by Gasteiger charge is 2.28. The van der Waals surface area contributed by atoms with E-state index in [0.717, 1.165) is 51.6 Å². The number of likely N-dealkylation sites (N-methyl/N-ethyl adjacent to an activating group) is 1. The van der Waals surface area contributed by atoms with Crippen molar-refractivity contribution in [1.82, 2.24) is 24.8 Å². The summed E-state index contributed by atoms with van der Waals surface area (Å²) in [5, 5.41) is 8.34. The molecule has 2 N–H and O–H groups in total. The maximum absolute atomic E-state index is 12.7. The van der Waals surface area contributed by atoms with Crippen LogP contribution in [0.3, 0.4) is 0 Å². The van der Waals surface area contributed by atoms with E-state index in [9.17, 15) is 4.79 Å². The van der Waals surface area contributed by atoms with Crippen molar-refractivity contribution in [2.24, 2.45) is 5.73 Å². The van der Waals surface area contributed by atoms with Crippen LogP contribution in [0.5, 0.6) is 0 Å². The molecule has 1 atom stereocenters. The molecule has 7 nitrogen and oxygen atoms in total. The van der Waals surface area contributed by atoms with Crippen molar-refractivity contribution in [3.8, 4) is 0 Å². The quantitative estimate of drug-likeness (QED) is 0.894. The number of nitrogens with zero attached hydrogens (tertiary/aromatic N) is 5. The predicted octanol–water partition coefficient (Wildman–Crippen LogP) is 0.887. The Morgan fingerprint density at radius 2 is 2.00 bits per heavy atom. The predicted molar refractivity (Wildman–Crippen MR) is 88.1 cm³/mol. The normalized spacial score (nSPS) is 29.0. The van der Waals surface area contributed by atoms with Crippen LogP contribution >= 0.6 is 0 Å². The number of piperidine rings is 1. The van der Waals surface area contributed by atoms with E-state index < -0.39 is 0 Å². The third kappa shape index (κ3) is 3.72. The van der Waals surface area contributed by atoms with E-state index in [0.29, 0.717) is 23.8 Å². The van der Waals surface area contributed by atoms with Gasteiger partial charge in [0.05, 0.1) is 12.2 Å². The van der Waals surface area contributed by atoms with Crippen molar-refractivity contribution in [2.75, 3.05) is 27.2 Å². The average molecular weight is 320 g/mol. The number of carbonyl (C=O) groups excluding carboxylic acids is 1. The molecule has 1 aromatic heterocycles. The van der Waals surface area contributed by atoms with Gasteiger partial charge in [-0.3, -0.25) is 4.79 Å². The minimum absolute atomic E-state index is 0.00955. The third-order valence-electron chi connectivity index (χ3n) is 5.26. The Hall–Kier alpha value is -1.47. The van der Waals surface area contributed by atoms with Crippen molar-refractivity contribution in [2.45, 2.75) is 56.7 Å². The summed E-state index contributed by atoms with van der Waals surface area (Å²) in [6.45, 7) is 1.59. The topological polar surface area (TPSA) is 80.3 Å². The van der Waals surface area contributed by atoms with Crippen LogP contribution in [-0.4, -0.2) is 70.0 Å². The summed E-state index contributed by atoms with van der Waals surface area (Å²) in [7, 11) is 4.14. The molecule has 0 aromatic carbocycles. The molecule has 23 heavy (non-hydrogen) atoms. The number of amides is 1. The van der Waals surface area contributed by atoms with E-state index >= 15 is 0 Å². The van der Waals surface area contributed by atoms with Crippen LogP contribution in [0.1, 0.15) is 55.1 Å². The monoisotopic (exact) mass is 320 g/mol. The SMILES string of the molecule is CN(C)[C@H]1CCCN(C(=O)c2cn(C3CCC(N)CC3)nn2)C1. The van der Waals surface area contributed by atoms with Crippen LogP contribution in [0.4, 0.5) is 0 Å². The lowest BCUT2D eigenvalue weighted by Crippen LogP contribution is -2.47. The molecule has 3 rings (SSSR count). The molecule has 1 aliphatic heterocycles. The fourth-order valence-electron chi connectivity index (χ4n) is 3.64. The second-order valence-corrected chi connectivity index (χ2v) is 7.16. The molecule has 1 aliphatic carbocycles. The minimum Gasteiger partial charge on any atom is -0.336 e. The number of hydrogen-bond donors (Lipinski definition) is 1. The van der Waals surface area contributed by atoms with E-state index in [1.165, 1.54) is 0 Å². The Morgan fingerprint density at radius 3 is 2.70 bits per heavy atom. The van der Waals surface area contributed by atoms with Gasteiger partial charge in [-0.25, -0.2) is 4.68 Å². The van der Waals surface area contributed by atoms with Crippen molar-refractivity contribution >= 4 is 5.91 Å². The summed E-state index contributed by atoms with van der Waals surface area (Å²) < 4.78 is 1.87. The minimum atomic E-state index is 0.00955. The number of rotatable bonds is 3. The highest BCUT2D eigenvalue weighted by molar-refractivity contribution is 5.92. The summed E-state index contributed by atoms with van der Waals surface area (Å²) >= 11 is 0. The van der Waals surface area contributed by atoms with E-state index in [-0.39, 0.29) is 5.91 Å². The van der Waals surface area contributed by atoms with Gasteiger partial charge in [0.2, 0.25) is 0 Å². The van der Waals surface area contributed by atoms with Crippen LogP contribution in [0, 0.1) is 0 Å². The second-order valence-electron chi connectivity index (χ2n) is 7.16. The zero-order valence-corrected chi connectivity index (χ0v) is 14.2. The molecule has 0 radical (unpaired) electrons. The summed E-state index contributed by atoms with van der Waals surface area (Å²) in [5.41, 5.74) is 6.42. The van der Waals surface area contributed by atoms with E-state index in [4.69, 9.17) is 5.73 Å². The van der Waals surface area contributed by atoms with Crippen molar-refractivity contribution in [3.63, 3.8) is 0 Å². The highest BCUT2D eigenvalue weighted by Crippen LogP contribution is 2.27. The maximum Gasteiger partial charge on any atom is 0.276 e. The van der Waals surface area contributed by atoms with Crippen molar-refractivity contribution in [1.29, 1.82) is 0 Å². The first-order valence-electron chi connectivity index (χ1n) is 8.67. The Morgan fingerprint density at radius 1 is 1.26 bits per heavy atom. The van der Waals surface area contributed by atoms with Gasteiger partial charge in [-0.05, 0) is 52.6 Å². The van der Waals surface area contributed by atoms with Gasteiger partial charge in [0, 0.05) is 25.2 Å². The van der Waals surface area contributed by atoms with E-state index in [1.54, 1.807) is 0 Å². The average Bonchev–Trinajstić information content (AvgIpc) is 3.05. The number of likely N-dealkylation sites (tertiary alicyclic amines) is 1. The van der Waals surface area contributed by atoms with Crippen LogP contribution < -0.4 is 5.73 Å². The van der Waals surface area contributed by atoms with Crippen LogP contribution in [-0.2, 0) is 0 Å². The molecule has 1 amide bonds. The Bertz CT molecular complexity index is 534. The maximum atomic E-state index is 12.7. The zero-order chi connectivity index (χ0) is 16.4. The molecule has 0 unspecified atom stereocenters. The Kier molecular flexibility index (Phi) is 4.96. The molecular formula is C16H28N6O. The largest absolute Gasteiger partial charge is 0.336 e. The molecule has 2 aliphatic rings. The lowest BCUT2D eigenvalue weighted by molar-refractivity contribution is 0.0629. The van der Waals surface area contributed by atoms with Crippen LogP contribution in [0.15, 0.2) is 6.20 Å². The molecule has 128 valence electrons. The van der Waals surface area contributed by atoms with Gasteiger partial charge in [0.15, 0.2) is 5.69 Å². The number of aromatic nitrogens is 3. The molecule has 1 saturated heterocycles. The summed E-state index contributed by atoms with van der Waals surface area (Å²) in [5.74, 6) is 0.00955. The van der Waals surface area contributed by atoms with Gasteiger partial charge >= 0.3 is 0 Å². The lowest BCUT2D eigenvalue weighted by atomic mass is 9.92. The molecule has 0 bridgehead atoms. The number of hydrogen-bond acceptors (Lipinski definition) is 5.